The molecular weight excluding hydrogens is 159 g/mol. The lowest BCUT2D eigenvalue weighted by molar-refractivity contribution is 0.0465. The lowest BCUT2D eigenvalue weighted by atomic mass is 10.4. The average molecular weight is 162 g/mol. The van der Waals surface area contributed by atoms with Gasteiger partial charge in [0.05, 0.1) is 0 Å². The molecule has 1 aliphatic carbocycles. The first kappa shape index (κ1) is 7.12. The van der Waals surface area contributed by atoms with E-state index >= 15 is 0 Å². The molecular formula is C4H2ClF4. The Morgan fingerprint density at radius 3 is 1.22 bits per heavy atom. The SMILES string of the molecule is [CH2]C1(F)C(F)(F)C1(F)Cl. The fourth-order valence-electron chi connectivity index (χ4n) is 0.439. The Bertz CT molecular complexity index is 110. The number of alkyl halides is 5. The molecule has 0 saturated heterocycles. The molecule has 0 bridgehead atoms. The summed E-state index contributed by atoms with van der Waals surface area (Å²) in [5.41, 5.74) is -3.44. The molecule has 5 heteroatoms. The maximum Gasteiger partial charge on any atom is 0.336 e. The molecule has 2 unspecified atom stereocenters. The van der Waals surface area contributed by atoms with E-state index in [9.17, 15) is 17.6 Å². The molecule has 0 heterocycles. The molecule has 1 fully saturated rings. The molecule has 0 aromatic heterocycles. The van der Waals surface area contributed by atoms with Gasteiger partial charge in [0.25, 0.3) is 5.13 Å². The third-order valence-electron chi connectivity index (χ3n) is 1.33. The van der Waals surface area contributed by atoms with Crippen LogP contribution in [0.2, 0.25) is 0 Å². The lowest BCUT2D eigenvalue weighted by Gasteiger charge is -1.89. The third kappa shape index (κ3) is 0.463. The summed E-state index contributed by atoms with van der Waals surface area (Å²) < 4.78 is 47.4. The van der Waals surface area contributed by atoms with E-state index in [-0.39, 0.29) is 0 Å². The topological polar surface area (TPSA) is 0 Å². The maximum absolute atomic E-state index is 12.0. The van der Waals surface area contributed by atoms with E-state index < -0.39 is 16.7 Å². The highest BCUT2D eigenvalue weighted by Gasteiger charge is 2.94. The zero-order chi connectivity index (χ0) is 7.50. The quantitative estimate of drug-likeness (QED) is 0.377. The minimum Gasteiger partial charge on any atom is -0.232 e. The molecule has 0 N–H and O–H groups in total. The van der Waals surface area contributed by atoms with Gasteiger partial charge in [0.1, 0.15) is 0 Å². The molecule has 0 amide bonds. The molecule has 0 aromatic carbocycles. The van der Waals surface area contributed by atoms with Gasteiger partial charge in [-0.05, 0) is 6.92 Å². The van der Waals surface area contributed by atoms with E-state index in [1.165, 1.54) is 0 Å². The molecule has 2 atom stereocenters. The van der Waals surface area contributed by atoms with Crippen LogP contribution in [0.1, 0.15) is 0 Å². The zero-order valence-electron chi connectivity index (χ0n) is 4.10. The van der Waals surface area contributed by atoms with Crippen molar-refractivity contribution in [3.63, 3.8) is 0 Å². The number of rotatable bonds is 0. The molecule has 0 aliphatic heterocycles. The van der Waals surface area contributed by atoms with Crippen molar-refractivity contribution < 1.29 is 17.6 Å². The van der Waals surface area contributed by atoms with Gasteiger partial charge in [-0.3, -0.25) is 0 Å². The Kier molecular flexibility index (Phi) is 0.960. The minimum absolute atomic E-state index is 2.26. The van der Waals surface area contributed by atoms with Gasteiger partial charge in [-0.2, -0.15) is 8.78 Å². The molecule has 1 aliphatic rings. The van der Waals surface area contributed by atoms with Crippen molar-refractivity contribution in [3.8, 4) is 0 Å². The second kappa shape index (κ2) is 1.21. The zero-order valence-corrected chi connectivity index (χ0v) is 4.85. The van der Waals surface area contributed by atoms with Gasteiger partial charge in [0.15, 0.2) is 0 Å². The van der Waals surface area contributed by atoms with Crippen molar-refractivity contribution >= 4 is 11.6 Å². The predicted molar refractivity (Wildman–Crippen MR) is 23.8 cm³/mol. The van der Waals surface area contributed by atoms with Gasteiger partial charge in [0, 0.05) is 0 Å². The standard InChI is InChI=1S/C4H2ClF4/c1-2(6)3(5,7)4(2,8)9/h1H2. The van der Waals surface area contributed by atoms with Crippen molar-refractivity contribution in [2.45, 2.75) is 16.7 Å². The smallest absolute Gasteiger partial charge is 0.232 e. The van der Waals surface area contributed by atoms with Crippen molar-refractivity contribution in [3.05, 3.63) is 6.92 Å². The second-order valence-corrected chi connectivity index (χ2v) is 2.47. The van der Waals surface area contributed by atoms with Crippen LogP contribution in [0.25, 0.3) is 0 Å². The summed E-state index contributed by atoms with van der Waals surface area (Å²) in [6.45, 7) is 2.26. The fraction of sp³-hybridized carbons (Fsp3) is 0.750. The van der Waals surface area contributed by atoms with E-state index in [0.717, 1.165) is 0 Å². The summed E-state index contributed by atoms with van der Waals surface area (Å²) in [5, 5.41) is -3.60. The largest absolute Gasteiger partial charge is 0.336 e. The molecule has 53 valence electrons. The van der Waals surface area contributed by atoms with Crippen molar-refractivity contribution in [1.82, 2.24) is 0 Å². The number of hydrogen-bond donors (Lipinski definition) is 0. The van der Waals surface area contributed by atoms with Gasteiger partial charge >= 0.3 is 5.92 Å². The van der Waals surface area contributed by atoms with Gasteiger partial charge < -0.3 is 0 Å². The van der Waals surface area contributed by atoms with Crippen molar-refractivity contribution in [1.29, 1.82) is 0 Å². The van der Waals surface area contributed by atoms with E-state index in [1.807, 2.05) is 0 Å². The minimum atomic E-state index is -4.14. The fourth-order valence-corrected chi connectivity index (χ4v) is 0.660. The highest BCUT2D eigenvalue weighted by Crippen LogP contribution is 2.68. The van der Waals surface area contributed by atoms with E-state index in [2.05, 4.69) is 18.5 Å². The van der Waals surface area contributed by atoms with Crippen LogP contribution in [0, 0.1) is 6.92 Å². The monoisotopic (exact) mass is 161 g/mol. The van der Waals surface area contributed by atoms with Crippen LogP contribution in [-0.4, -0.2) is 16.7 Å². The average Bonchev–Trinajstić information content (AvgIpc) is 1.84. The number of halogens is 5. The highest BCUT2D eigenvalue weighted by molar-refractivity contribution is 6.27. The Morgan fingerprint density at radius 1 is 1.11 bits per heavy atom. The summed E-state index contributed by atoms with van der Waals surface area (Å²) in [6, 6.07) is 0. The van der Waals surface area contributed by atoms with Crippen LogP contribution in [0.5, 0.6) is 0 Å². The van der Waals surface area contributed by atoms with E-state index in [1.54, 1.807) is 0 Å². The molecule has 1 rings (SSSR count). The first-order valence-electron chi connectivity index (χ1n) is 2.05. The van der Waals surface area contributed by atoms with Crippen LogP contribution in [0.4, 0.5) is 17.6 Å². The van der Waals surface area contributed by atoms with Gasteiger partial charge in [0.2, 0.25) is 5.67 Å². The first-order valence-corrected chi connectivity index (χ1v) is 2.43. The molecule has 0 nitrogen and oxygen atoms in total. The summed E-state index contributed by atoms with van der Waals surface area (Å²) in [5.74, 6) is -4.14. The summed E-state index contributed by atoms with van der Waals surface area (Å²) in [7, 11) is 0. The van der Waals surface area contributed by atoms with E-state index in [0.29, 0.717) is 0 Å². The van der Waals surface area contributed by atoms with Crippen molar-refractivity contribution in [2.24, 2.45) is 0 Å². The van der Waals surface area contributed by atoms with Crippen molar-refractivity contribution in [2.75, 3.05) is 0 Å². The predicted octanol–water partition coefficient (Wildman–Crippen LogP) is 2.08. The Hall–Kier alpha value is 0.01000. The van der Waals surface area contributed by atoms with Crippen LogP contribution in [0.3, 0.4) is 0 Å². The first-order chi connectivity index (χ1) is 3.75. The molecule has 0 spiro atoms. The van der Waals surface area contributed by atoms with Crippen LogP contribution >= 0.6 is 11.6 Å². The summed E-state index contributed by atoms with van der Waals surface area (Å²) in [6.07, 6.45) is 0. The highest BCUT2D eigenvalue weighted by atomic mass is 35.5. The van der Waals surface area contributed by atoms with Gasteiger partial charge in [-0.1, -0.05) is 11.6 Å². The Balaban J connectivity index is 2.91. The van der Waals surface area contributed by atoms with E-state index in [4.69, 9.17) is 0 Å². The molecule has 0 aromatic rings. The second-order valence-electron chi connectivity index (χ2n) is 1.95. The van der Waals surface area contributed by atoms with Gasteiger partial charge in [-0.15, -0.1) is 0 Å². The van der Waals surface area contributed by atoms with Crippen LogP contribution in [0.15, 0.2) is 0 Å². The number of hydrogen-bond acceptors (Lipinski definition) is 0. The molecule has 1 radical (unpaired) electrons. The Labute approximate surface area is 53.8 Å². The lowest BCUT2D eigenvalue weighted by Crippen LogP contribution is -2.05. The summed E-state index contributed by atoms with van der Waals surface area (Å²) in [4.78, 5) is 0. The van der Waals surface area contributed by atoms with Crippen LogP contribution < -0.4 is 0 Å². The molecule has 9 heavy (non-hydrogen) atoms. The Morgan fingerprint density at radius 2 is 1.22 bits per heavy atom. The third-order valence-corrected chi connectivity index (χ3v) is 1.86. The normalized spacial score (nSPS) is 55.3. The maximum atomic E-state index is 12.0. The summed E-state index contributed by atoms with van der Waals surface area (Å²) >= 11 is 4.37. The molecule has 1 saturated carbocycles. The van der Waals surface area contributed by atoms with Crippen LogP contribution in [-0.2, 0) is 0 Å². The van der Waals surface area contributed by atoms with Gasteiger partial charge in [-0.25, -0.2) is 8.78 Å².